The highest BCUT2D eigenvalue weighted by molar-refractivity contribution is 5.85. The SMILES string of the molecule is CC(C)(C)[C@]1(C(=O)O)[C@@H](C=CC(=O)OC2CCC2)C1(C)C. The third-order valence-corrected chi connectivity index (χ3v) is 5.46. The Bertz CT molecular complexity index is 480. The van der Waals surface area contributed by atoms with Crippen molar-refractivity contribution in [3.63, 3.8) is 0 Å². The molecular formula is C17H26O4. The van der Waals surface area contributed by atoms with Crippen LogP contribution in [-0.4, -0.2) is 23.1 Å². The number of rotatable bonds is 4. The Labute approximate surface area is 126 Å². The van der Waals surface area contributed by atoms with Gasteiger partial charge < -0.3 is 9.84 Å². The number of carbonyl (C=O) groups is 2. The van der Waals surface area contributed by atoms with Crippen LogP contribution in [-0.2, 0) is 14.3 Å². The van der Waals surface area contributed by atoms with E-state index >= 15 is 0 Å². The van der Waals surface area contributed by atoms with Crippen molar-refractivity contribution >= 4 is 11.9 Å². The Balaban J connectivity index is 2.12. The molecule has 0 radical (unpaired) electrons. The largest absolute Gasteiger partial charge is 0.481 e. The number of hydrogen-bond donors (Lipinski definition) is 1. The molecule has 2 rings (SSSR count). The monoisotopic (exact) mass is 294 g/mol. The third kappa shape index (κ3) is 2.29. The number of esters is 1. The van der Waals surface area contributed by atoms with Gasteiger partial charge in [0.1, 0.15) is 6.10 Å². The second kappa shape index (κ2) is 4.85. The van der Waals surface area contributed by atoms with E-state index in [0.717, 1.165) is 19.3 Å². The summed E-state index contributed by atoms with van der Waals surface area (Å²) >= 11 is 0. The summed E-state index contributed by atoms with van der Waals surface area (Å²) in [6.07, 6.45) is 6.21. The summed E-state index contributed by atoms with van der Waals surface area (Å²) in [7, 11) is 0. The summed E-state index contributed by atoms with van der Waals surface area (Å²) < 4.78 is 5.27. The maximum Gasteiger partial charge on any atom is 0.330 e. The van der Waals surface area contributed by atoms with Crippen LogP contribution in [0, 0.1) is 22.2 Å². The van der Waals surface area contributed by atoms with Crippen LogP contribution in [0.1, 0.15) is 53.9 Å². The quantitative estimate of drug-likeness (QED) is 0.637. The molecule has 0 bridgehead atoms. The molecule has 4 nitrogen and oxygen atoms in total. The van der Waals surface area contributed by atoms with Crippen LogP contribution >= 0.6 is 0 Å². The first-order valence-electron chi connectivity index (χ1n) is 7.67. The molecule has 2 saturated carbocycles. The van der Waals surface area contributed by atoms with Crippen LogP contribution in [0.2, 0.25) is 0 Å². The zero-order valence-corrected chi connectivity index (χ0v) is 13.6. The summed E-state index contributed by atoms with van der Waals surface area (Å²) in [4.78, 5) is 23.6. The fourth-order valence-electron chi connectivity index (χ4n) is 4.22. The van der Waals surface area contributed by atoms with Crippen LogP contribution in [0.4, 0.5) is 0 Å². The van der Waals surface area contributed by atoms with Gasteiger partial charge in [-0.1, -0.05) is 40.7 Å². The van der Waals surface area contributed by atoms with E-state index in [1.165, 1.54) is 6.08 Å². The highest BCUT2D eigenvalue weighted by atomic mass is 16.5. The fraction of sp³-hybridized carbons (Fsp3) is 0.765. The average molecular weight is 294 g/mol. The number of allylic oxidation sites excluding steroid dienone is 1. The van der Waals surface area contributed by atoms with Gasteiger partial charge >= 0.3 is 11.9 Å². The predicted molar refractivity (Wildman–Crippen MR) is 79.7 cm³/mol. The summed E-state index contributed by atoms with van der Waals surface area (Å²) in [6.45, 7) is 9.76. The molecule has 2 fully saturated rings. The minimum atomic E-state index is -0.840. The topological polar surface area (TPSA) is 63.6 Å². The van der Waals surface area contributed by atoms with E-state index in [2.05, 4.69) is 0 Å². The van der Waals surface area contributed by atoms with Gasteiger partial charge in [-0.2, -0.15) is 0 Å². The molecule has 0 unspecified atom stereocenters. The molecule has 4 heteroatoms. The third-order valence-electron chi connectivity index (χ3n) is 5.46. The lowest BCUT2D eigenvalue weighted by Gasteiger charge is -2.30. The van der Waals surface area contributed by atoms with E-state index in [1.54, 1.807) is 6.08 Å². The van der Waals surface area contributed by atoms with Crippen molar-refractivity contribution in [3.05, 3.63) is 12.2 Å². The molecule has 0 saturated heterocycles. The molecule has 0 amide bonds. The van der Waals surface area contributed by atoms with Gasteiger partial charge in [0.2, 0.25) is 0 Å². The van der Waals surface area contributed by atoms with Gasteiger partial charge in [-0.25, -0.2) is 4.79 Å². The van der Waals surface area contributed by atoms with E-state index in [-0.39, 0.29) is 28.8 Å². The minimum Gasteiger partial charge on any atom is -0.481 e. The van der Waals surface area contributed by atoms with Gasteiger partial charge in [-0.3, -0.25) is 4.79 Å². The normalized spacial score (nSPS) is 31.8. The van der Waals surface area contributed by atoms with Gasteiger partial charge in [-0.15, -0.1) is 0 Å². The summed E-state index contributed by atoms with van der Waals surface area (Å²) in [5, 5.41) is 9.75. The molecule has 0 spiro atoms. The molecule has 2 aliphatic carbocycles. The first-order chi connectivity index (χ1) is 9.55. The Hall–Kier alpha value is -1.32. The van der Waals surface area contributed by atoms with Crippen LogP contribution in [0.15, 0.2) is 12.2 Å². The summed E-state index contributed by atoms with van der Waals surface area (Å²) in [6, 6.07) is 0. The number of carboxylic acid groups (broad SMARTS) is 1. The van der Waals surface area contributed by atoms with Crippen LogP contribution in [0.25, 0.3) is 0 Å². The molecular weight excluding hydrogens is 268 g/mol. The van der Waals surface area contributed by atoms with Crippen molar-refractivity contribution in [1.82, 2.24) is 0 Å². The molecule has 21 heavy (non-hydrogen) atoms. The van der Waals surface area contributed by atoms with Gasteiger partial charge in [0.15, 0.2) is 0 Å². The van der Waals surface area contributed by atoms with E-state index in [9.17, 15) is 14.7 Å². The van der Waals surface area contributed by atoms with E-state index in [1.807, 2.05) is 34.6 Å². The Morgan fingerprint density at radius 2 is 1.81 bits per heavy atom. The Morgan fingerprint density at radius 1 is 1.24 bits per heavy atom. The van der Waals surface area contributed by atoms with Gasteiger partial charge in [-0.05, 0) is 30.1 Å². The number of hydrogen-bond acceptors (Lipinski definition) is 3. The van der Waals surface area contributed by atoms with Crippen molar-refractivity contribution in [2.45, 2.75) is 60.0 Å². The molecule has 0 aromatic heterocycles. The fourth-order valence-corrected chi connectivity index (χ4v) is 4.22. The highest BCUT2D eigenvalue weighted by Gasteiger charge is 2.79. The van der Waals surface area contributed by atoms with Crippen molar-refractivity contribution in [2.75, 3.05) is 0 Å². The predicted octanol–water partition coefficient (Wildman–Crippen LogP) is 3.41. The van der Waals surface area contributed by atoms with Gasteiger partial charge in [0, 0.05) is 12.0 Å². The first-order valence-corrected chi connectivity index (χ1v) is 7.67. The smallest absolute Gasteiger partial charge is 0.330 e. The molecule has 2 aliphatic rings. The van der Waals surface area contributed by atoms with Gasteiger partial charge in [0.25, 0.3) is 0 Å². The number of ether oxygens (including phenoxy) is 1. The minimum absolute atomic E-state index is 0.0567. The maximum absolute atomic E-state index is 11.9. The molecule has 0 aromatic rings. The molecule has 1 N–H and O–H groups in total. The lowest BCUT2D eigenvalue weighted by atomic mass is 9.72. The second-order valence-corrected chi connectivity index (χ2v) is 7.91. The van der Waals surface area contributed by atoms with Crippen molar-refractivity contribution in [1.29, 1.82) is 0 Å². The van der Waals surface area contributed by atoms with Crippen molar-refractivity contribution in [2.24, 2.45) is 22.2 Å². The highest BCUT2D eigenvalue weighted by Crippen LogP contribution is 2.76. The average Bonchev–Trinajstić information content (AvgIpc) is 2.78. The first kappa shape index (κ1) is 16.1. The van der Waals surface area contributed by atoms with Crippen LogP contribution in [0.5, 0.6) is 0 Å². The van der Waals surface area contributed by atoms with Crippen molar-refractivity contribution in [3.8, 4) is 0 Å². The molecule has 2 atom stereocenters. The Kier molecular flexibility index (Phi) is 3.71. The standard InChI is InChI=1S/C17H26O4/c1-15(2,3)17(14(19)20)12(16(17,4)5)9-10-13(18)21-11-7-6-8-11/h9-12H,6-8H2,1-5H3,(H,19,20)/t12-,17+/m0/s1. The molecule has 0 aliphatic heterocycles. The molecule has 0 aromatic carbocycles. The van der Waals surface area contributed by atoms with E-state index in [0.29, 0.717) is 0 Å². The number of aliphatic carboxylic acids is 1. The van der Waals surface area contributed by atoms with Crippen LogP contribution in [0.3, 0.4) is 0 Å². The van der Waals surface area contributed by atoms with E-state index < -0.39 is 11.4 Å². The number of carboxylic acids is 1. The Morgan fingerprint density at radius 3 is 2.14 bits per heavy atom. The lowest BCUT2D eigenvalue weighted by Crippen LogP contribution is -2.35. The van der Waals surface area contributed by atoms with E-state index in [4.69, 9.17) is 4.74 Å². The number of carbonyl (C=O) groups excluding carboxylic acids is 1. The summed E-state index contributed by atoms with van der Waals surface area (Å²) in [5.41, 5.74) is -1.59. The zero-order chi connectivity index (χ0) is 16.1. The summed E-state index contributed by atoms with van der Waals surface area (Å²) in [5.74, 6) is -1.30. The van der Waals surface area contributed by atoms with Crippen molar-refractivity contribution < 1.29 is 19.4 Å². The van der Waals surface area contributed by atoms with Gasteiger partial charge in [0.05, 0.1) is 5.41 Å². The zero-order valence-electron chi connectivity index (χ0n) is 13.6. The molecule has 118 valence electrons. The second-order valence-electron chi connectivity index (χ2n) is 7.91. The lowest BCUT2D eigenvalue weighted by molar-refractivity contribution is -0.150. The van der Waals surface area contributed by atoms with Crippen LogP contribution < -0.4 is 0 Å². The maximum atomic E-state index is 11.9. The molecule has 0 heterocycles.